The highest BCUT2D eigenvalue weighted by atomic mass is 16.3. The SMILES string of the molecule is [2H]C([2H])([2H])c1c[n+](C)c(-c2c(C)ccc3c2oc2c4c(ccc23)C(CC([2H])(C([2H])([2H])[2H])C([2H])([2H])[2H])(C([2H])([2H])C([2H])(C([2H])([2H])[2H])C([2H])([2H])[2H])c2ccccc2-4)cc1C([2H])(C)C. The molecule has 0 radical (unpaired) electrons. The highest BCUT2D eigenvalue weighted by Gasteiger charge is 2.45. The molecule has 1 aliphatic carbocycles. The zero-order chi connectivity index (χ0) is 45.6. The molecule has 0 saturated heterocycles. The number of nitrogens with zero attached hydrogens (tertiary/aromatic N) is 1. The third-order valence-corrected chi connectivity index (χ3v) is 7.98. The van der Waals surface area contributed by atoms with Crippen LogP contribution in [0, 0.1) is 25.6 Å². The minimum absolute atomic E-state index is 0.0256. The van der Waals surface area contributed by atoms with Gasteiger partial charge in [0.15, 0.2) is 6.20 Å². The predicted molar refractivity (Wildman–Crippen MR) is 169 cm³/mol. The summed E-state index contributed by atoms with van der Waals surface area (Å²) >= 11 is 0. The van der Waals surface area contributed by atoms with Crippen molar-refractivity contribution < 1.29 is 36.4 Å². The fraction of sp³-hybridized carbons (Fsp3) is 0.395. The minimum atomic E-state index is -4.04. The Morgan fingerprint density at radius 3 is 2.35 bits per heavy atom. The van der Waals surface area contributed by atoms with Crippen molar-refractivity contribution in [2.45, 2.75) is 79.1 Å². The monoisotopic (exact) mass is 550 g/mol. The standard InChI is InChI=1S/C38H44NO/c1-22(2)19-38(20-23(3)4)31-13-11-10-12-29(31)35-32(38)17-16-28-27-15-14-25(7)34(36(27)40-37(28)35)33-18-30(24(5)6)26(8)21-39(33)9/h10-18,21-24H,19-20H2,1-9H3/q+1/i1D3,2D3,3D3,4D3,8D3,19D2,22D,23D,24D. The van der Waals surface area contributed by atoms with E-state index in [0.29, 0.717) is 27.6 Å². The molecule has 0 amide bonds. The minimum Gasteiger partial charge on any atom is -0.454 e. The zero-order valence-electron chi connectivity index (χ0n) is 42.8. The summed E-state index contributed by atoms with van der Waals surface area (Å²) < 4.78 is 180. The number of furan rings is 1. The number of pyridine rings is 1. The molecule has 0 spiro atoms. The summed E-state index contributed by atoms with van der Waals surface area (Å²) in [4.78, 5) is 0. The molecule has 6 rings (SSSR count). The van der Waals surface area contributed by atoms with Crippen LogP contribution in [0.3, 0.4) is 0 Å². The lowest BCUT2D eigenvalue weighted by Gasteiger charge is -2.35. The first kappa shape index (κ1) is 12.2. The molecule has 1 aliphatic rings. The molecule has 0 bridgehead atoms. The van der Waals surface area contributed by atoms with Crippen LogP contribution in [-0.4, -0.2) is 0 Å². The van der Waals surface area contributed by atoms with Crippen LogP contribution in [0.4, 0.5) is 0 Å². The molecule has 2 heteroatoms. The molecule has 0 fully saturated rings. The van der Waals surface area contributed by atoms with E-state index >= 15 is 0 Å². The zero-order valence-corrected chi connectivity index (χ0v) is 22.8. The maximum atomic E-state index is 9.75. The number of benzene rings is 3. The Bertz CT molecular complexity index is 2500. The van der Waals surface area contributed by atoms with E-state index in [4.69, 9.17) is 26.3 Å². The van der Waals surface area contributed by atoms with Gasteiger partial charge in [-0.2, -0.15) is 0 Å². The molecule has 0 saturated carbocycles. The molecule has 1 atom stereocenters. The molecule has 0 N–H and O–H groups in total. The average Bonchev–Trinajstić information content (AvgIpc) is 3.59. The second kappa shape index (κ2) is 9.61. The average molecular weight is 551 g/mol. The van der Waals surface area contributed by atoms with Gasteiger partial charge in [-0.3, -0.25) is 0 Å². The number of aryl methyl sites for hydroxylation is 3. The maximum Gasteiger partial charge on any atom is 0.216 e. The van der Waals surface area contributed by atoms with E-state index in [1.54, 1.807) is 50.6 Å². The van der Waals surface area contributed by atoms with E-state index < -0.39 is 70.2 Å². The molecule has 0 aliphatic heterocycles. The fourth-order valence-corrected chi connectivity index (χ4v) is 6.32. The topological polar surface area (TPSA) is 17.0 Å². The normalized spacial score (nSPS) is 26.7. The van der Waals surface area contributed by atoms with Crippen molar-refractivity contribution in [1.82, 2.24) is 0 Å². The molecular formula is C38H44NO+. The van der Waals surface area contributed by atoms with Gasteiger partial charge >= 0.3 is 0 Å². The van der Waals surface area contributed by atoms with Crippen molar-refractivity contribution in [2.24, 2.45) is 18.8 Å². The van der Waals surface area contributed by atoms with E-state index in [0.717, 1.165) is 0 Å². The summed E-state index contributed by atoms with van der Waals surface area (Å²) in [6, 6.07) is 13.6. The van der Waals surface area contributed by atoms with Crippen molar-refractivity contribution in [3.8, 4) is 22.4 Å². The van der Waals surface area contributed by atoms with Gasteiger partial charge in [-0.25, -0.2) is 4.57 Å². The third-order valence-electron chi connectivity index (χ3n) is 7.98. The Balaban J connectivity index is 1.82. The number of hydrogen-bond acceptors (Lipinski definition) is 1. The highest BCUT2D eigenvalue weighted by molar-refractivity contribution is 6.14. The Kier molecular flexibility index (Phi) is 2.94. The van der Waals surface area contributed by atoms with Crippen molar-refractivity contribution in [2.75, 3.05) is 0 Å². The van der Waals surface area contributed by atoms with Gasteiger partial charge in [-0.1, -0.05) is 89.8 Å². The Hall–Kier alpha value is -3.39. The quantitative estimate of drug-likeness (QED) is 0.192. The van der Waals surface area contributed by atoms with Crippen LogP contribution >= 0.6 is 0 Å². The first-order chi connectivity index (χ1) is 26.9. The first-order valence-electron chi connectivity index (χ1n) is 23.1. The summed E-state index contributed by atoms with van der Waals surface area (Å²) in [6.45, 7) is -12.9. The first-order valence-corrected chi connectivity index (χ1v) is 13.1. The number of aromatic nitrogens is 1. The molecule has 2 heterocycles. The lowest BCUT2D eigenvalue weighted by molar-refractivity contribution is -0.660. The van der Waals surface area contributed by atoms with Crippen molar-refractivity contribution in [1.29, 1.82) is 0 Å². The molecule has 1 unspecified atom stereocenters. The van der Waals surface area contributed by atoms with Crippen LogP contribution in [0.5, 0.6) is 0 Å². The Labute approximate surface area is 268 Å². The van der Waals surface area contributed by atoms with E-state index in [1.807, 2.05) is 0 Å². The number of hydrogen-bond donors (Lipinski definition) is 0. The second-order valence-electron chi connectivity index (χ2n) is 10.8. The number of fused-ring (bicyclic) bond motifs is 7. The van der Waals surface area contributed by atoms with Gasteiger partial charge < -0.3 is 4.42 Å². The molecule has 40 heavy (non-hydrogen) atoms. The molecule has 2 aromatic heterocycles. The summed E-state index contributed by atoms with van der Waals surface area (Å²) in [5.74, 6) is -8.96. The van der Waals surface area contributed by atoms with Crippen LogP contribution < -0.4 is 4.57 Å². The van der Waals surface area contributed by atoms with Crippen LogP contribution in [0.25, 0.3) is 44.3 Å². The number of rotatable bonds is 6. The summed E-state index contributed by atoms with van der Waals surface area (Å²) in [6.07, 6.45) is -3.95. The third kappa shape index (κ3) is 3.94. The lowest BCUT2D eigenvalue weighted by atomic mass is 9.68. The van der Waals surface area contributed by atoms with E-state index in [2.05, 4.69) is 0 Å². The van der Waals surface area contributed by atoms with Crippen LogP contribution in [-0.2, 0) is 12.5 Å². The summed E-state index contributed by atoms with van der Waals surface area (Å²) in [5, 5.41) is 0.907. The highest BCUT2D eigenvalue weighted by Crippen LogP contribution is 2.57. The molecular weight excluding hydrogens is 486 g/mol. The van der Waals surface area contributed by atoms with Gasteiger partial charge in [0.2, 0.25) is 5.69 Å². The van der Waals surface area contributed by atoms with Gasteiger partial charge in [0.1, 0.15) is 18.2 Å². The van der Waals surface area contributed by atoms with E-state index in [-0.39, 0.29) is 44.5 Å². The van der Waals surface area contributed by atoms with Crippen LogP contribution in [0.15, 0.2) is 65.2 Å². The molecule has 206 valence electrons. The van der Waals surface area contributed by atoms with Gasteiger partial charge in [0.05, 0.1) is 5.56 Å². The van der Waals surface area contributed by atoms with Gasteiger partial charge in [0.25, 0.3) is 0 Å². The van der Waals surface area contributed by atoms with Gasteiger partial charge in [0, 0.05) is 60.8 Å². The van der Waals surface area contributed by atoms with Crippen molar-refractivity contribution in [3.05, 3.63) is 88.6 Å². The van der Waals surface area contributed by atoms with E-state index in [1.165, 1.54) is 42.6 Å². The van der Waals surface area contributed by atoms with Crippen molar-refractivity contribution >= 4 is 21.9 Å². The largest absolute Gasteiger partial charge is 0.454 e. The maximum absolute atomic E-state index is 9.75. The van der Waals surface area contributed by atoms with Gasteiger partial charge in [-0.15, -0.1) is 0 Å². The van der Waals surface area contributed by atoms with E-state index in [9.17, 15) is 5.48 Å². The smallest absolute Gasteiger partial charge is 0.216 e. The summed E-state index contributed by atoms with van der Waals surface area (Å²) in [5.41, 5.74) is -1.17. The Morgan fingerprint density at radius 2 is 1.62 bits per heavy atom. The predicted octanol–water partition coefficient (Wildman–Crippen LogP) is 10.2. The van der Waals surface area contributed by atoms with Crippen LogP contribution in [0.1, 0.15) is 115 Å². The van der Waals surface area contributed by atoms with Gasteiger partial charge in [-0.05, 0) is 72.1 Å². The molecule has 5 aromatic rings. The Morgan fingerprint density at radius 1 is 0.900 bits per heavy atom. The molecule has 3 aromatic carbocycles. The molecule has 2 nitrogen and oxygen atoms in total. The van der Waals surface area contributed by atoms with Crippen LogP contribution in [0.2, 0.25) is 0 Å². The summed E-state index contributed by atoms with van der Waals surface area (Å²) in [7, 11) is 1.64. The fourth-order valence-electron chi connectivity index (χ4n) is 6.32. The second-order valence-corrected chi connectivity index (χ2v) is 10.8. The van der Waals surface area contributed by atoms with Crippen molar-refractivity contribution in [3.63, 3.8) is 0 Å². The lowest BCUT2D eigenvalue weighted by Crippen LogP contribution is -2.32.